The first-order valence-electron chi connectivity index (χ1n) is 9.07. The highest BCUT2D eigenvalue weighted by Crippen LogP contribution is 2.34. The Morgan fingerprint density at radius 1 is 0.968 bits per heavy atom. The minimum atomic E-state index is -4.06. The highest BCUT2D eigenvalue weighted by Gasteiger charge is 2.20. The molecule has 3 rings (SSSR count). The van der Waals surface area contributed by atoms with Gasteiger partial charge in [0, 0.05) is 11.1 Å². The van der Waals surface area contributed by atoms with Crippen LogP contribution in [0.1, 0.15) is 15.9 Å². The van der Waals surface area contributed by atoms with Gasteiger partial charge in [0.2, 0.25) is 0 Å². The normalized spacial score (nSPS) is 11.0. The molecule has 0 saturated heterocycles. The van der Waals surface area contributed by atoms with Gasteiger partial charge in [-0.15, -0.1) is 0 Å². The minimum absolute atomic E-state index is 0.106. The van der Waals surface area contributed by atoms with Gasteiger partial charge >= 0.3 is 5.97 Å². The topological polar surface area (TPSA) is 90.9 Å². The summed E-state index contributed by atoms with van der Waals surface area (Å²) in [7, 11) is -1.30. The predicted octanol–water partition coefficient (Wildman–Crippen LogP) is 5.04. The number of esters is 1. The number of hydrogen-bond donors (Lipinski definition) is 1. The summed E-state index contributed by atoms with van der Waals surface area (Å²) in [5, 5.41) is 0.315. The van der Waals surface area contributed by atoms with Crippen molar-refractivity contribution in [3.05, 3.63) is 76.8 Å². The number of rotatable bonds is 7. The molecule has 9 heteroatoms. The lowest BCUT2D eigenvalue weighted by Crippen LogP contribution is -2.15. The number of benzene rings is 3. The van der Waals surface area contributed by atoms with Gasteiger partial charge < -0.3 is 14.2 Å². The molecule has 3 aromatic rings. The lowest BCUT2D eigenvalue weighted by Gasteiger charge is -2.15. The molecule has 1 N–H and O–H groups in total. The first-order chi connectivity index (χ1) is 14.7. The minimum Gasteiger partial charge on any atom is -0.497 e. The monoisotopic (exact) mass is 461 g/mol. The van der Waals surface area contributed by atoms with Gasteiger partial charge in [-0.2, -0.15) is 0 Å². The lowest BCUT2D eigenvalue weighted by molar-refractivity contribution is 0.0599. The molecule has 0 saturated carbocycles. The van der Waals surface area contributed by atoms with Gasteiger partial charge in [-0.3, -0.25) is 4.72 Å². The summed E-state index contributed by atoms with van der Waals surface area (Å²) in [6, 6.07) is 15.6. The quantitative estimate of drug-likeness (QED) is 0.496. The summed E-state index contributed by atoms with van der Waals surface area (Å²) in [6.45, 7) is 1.69. The molecule has 7 nitrogen and oxygen atoms in total. The summed E-state index contributed by atoms with van der Waals surface area (Å²) in [5.74, 6) is 0.648. The third kappa shape index (κ3) is 5.28. The Bertz CT molecular complexity index is 1230. The van der Waals surface area contributed by atoms with Gasteiger partial charge in [-0.05, 0) is 55.0 Å². The number of methoxy groups -OCH3 is 2. The molecule has 0 aliphatic rings. The van der Waals surface area contributed by atoms with E-state index in [9.17, 15) is 13.2 Å². The van der Waals surface area contributed by atoms with Crippen molar-refractivity contribution in [2.75, 3.05) is 18.9 Å². The van der Waals surface area contributed by atoms with Gasteiger partial charge in [-0.1, -0.05) is 23.7 Å². The third-order valence-corrected chi connectivity index (χ3v) is 5.98. The van der Waals surface area contributed by atoms with E-state index >= 15 is 0 Å². The zero-order chi connectivity index (χ0) is 22.6. The largest absolute Gasteiger partial charge is 0.497 e. The molecule has 0 fully saturated rings. The molecule has 0 aliphatic carbocycles. The van der Waals surface area contributed by atoms with Crippen molar-refractivity contribution in [1.82, 2.24) is 0 Å². The molecule has 0 aromatic heterocycles. The Kier molecular flexibility index (Phi) is 6.72. The van der Waals surface area contributed by atoms with Crippen LogP contribution in [0.4, 0.5) is 5.69 Å². The average molecular weight is 462 g/mol. The van der Waals surface area contributed by atoms with Gasteiger partial charge in [-0.25, -0.2) is 13.2 Å². The number of anilines is 1. The van der Waals surface area contributed by atoms with Gasteiger partial charge in [0.15, 0.2) is 5.75 Å². The molecule has 31 heavy (non-hydrogen) atoms. The zero-order valence-corrected chi connectivity index (χ0v) is 18.6. The Labute approximate surface area is 185 Å². The van der Waals surface area contributed by atoms with Crippen molar-refractivity contribution in [2.24, 2.45) is 0 Å². The molecule has 0 radical (unpaired) electrons. The van der Waals surface area contributed by atoms with Gasteiger partial charge in [0.1, 0.15) is 11.5 Å². The summed E-state index contributed by atoms with van der Waals surface area (Å²) >= 11 is 6.08. The van der Waals surface area contributed by atoms with Crippen LogP contribution in [0, 0.1) is 6.92 Å². The van der Waals surface area contributed by atoms with Crippen LogP contribution in [0.5, 0.6) is 17.2 Å². The Hall–Kier alpha value is -3.23. The molecule has 0 bridgehead atoms. The Balaban J connectivity index is 1.96. The molecule has 0 atom stereocenters. The zero-order valence-electron chi connectivity index (χ0n) is 17.0. The first-order valence-corrected chi connectivity index (χ1v) is 10.9. The molecule has 162 valence electrons. The fourth-order valence-corrected chi connectivity index (χ4v) is 4.02. The number of aryl methyl sites for hydroxylation is 1. The predicted molar refractivity (Wildman–Crippen MR) is 118 cm³/mol. The third-order valence-electron chi connectivity index (χ3n) is 4.38. The summed E-state index contributed by atoms with van der Waals surface area (Å²) in [6.07, 6.45) is 0. The van der Waals surface area contributed by atoms with E-state index in [-0.39, 0.29) is 21.9 Å². The van der Waals surface area contributed by atoms with Crippen LogP contribution in [-0.2, 0) is 14.8 Å². The van der Waals surface area contributed by atoms with Crippen LogP contribution < -0.4 is 14.2 Å². The van der Waals surface area contributed by atoms with E-state index < -0.39 is 16.0 Å². The van der Waals surface area contributed by atoms with E-state index in [1.807, 2.05) is 0 Å². The maximum absolute atomic E-state index is 13.0. The second-order valence-corrected chi connectivity index (χ2v) is 8.61. The molecule has 0 unspecified atom stereocenters. The maximum Gasteiger partial charge on any atom is 0.338 e. The van der Waals surface area contributed by atoms with E-state index in [0.717, 1.165) is 0 Å². The van der Waals surface area contributed by atoms with Gasteiger partial charge in [0.05, 0.1) is 30.4 Å². The van der Waals surface area contributed by atoms with Crippen molar-refractivity contribution in [2.45, 2.75) is 11.8 Å². The smallest absolute Gasteiger partial charge is 0.338 e. The van der Waals surface area contributed by atoms with Crippen molar-refractivity contribution >= 4 is 33.3 Å². The number of nitrogens with one attached hydrogen (secondary N) is 1. The van der Waals surface area contributed by atoms with Crippen molar-refractivity contribution in [1.29, 1.82) is 0 Å². The molecule has 0 spiro atoms. The summed E-state index contributed by atoms with van der Waals surface area (Å²) in [5.41, 5.74) is 0.885. The van der Waals surface area contributed by atoms with E-state index in [2.05, 4.69) is 4.72 Å². The SMILES string of the molecule is COC(=O)c1cc(S(=O)(=O)Nc2cc(Cl)ccc2Oc2cccc(OC)c2)ccc1C. The maximum atomic E-state index is 13.0. The van der Waals surface area contributed by atoms with Crippen molar-refractivity contribution in [3.8, 4) is 17.2 Å². The summed E-state index contributed by atoms with van der Waals surface area (Å²) < 4.78 is 44.2. The first kappa shape index (κ1) is 22.5. The molecule has 0 aliphatic heterocycles. The molecule has 0 amide bonds. The Morgan fingerprint density at radius 3 is 2.42 bits per heavy atom. The van der Waals surface area contributed by atoms with Crippen LogP contribution in [0.3, 0.4) is 0 Å². The summed E-state index contributed by atoms with van der Waals surface area (Å²) in [4.78, 5) is 11.8. The van der Waals surface area contributed by atoms with E-state index in [1.54, 1.807) is 43.3 Å². The van der Waals surface area contributed by atoms with Crippen LogP contribution in [0.25, 0.3) is 0 Å². The highest BCUT2D eigenvalue weighted by atomic mass is 35.5. The molecule has 0 heterocycles. The second-order valence-electron chi connectivity index (χ2n) is 6.50. The average Bonchev–Trinajstić information content (AvgIpc) is 2.75. The van der Waals surface area contributed by atoms with E-state index in [0.29, 0.717) is 22.1 Å². The van der Waals surface area contributed by atoms with Crippen LogP contribution in [-0.4, -0.2) is 28.6 Å². The molecular formula is C22H20ClNO6S. The fraction of sp³-hybridized carbons (Fsp3) is 0.136. The van der Waals surface area contributed by atoms with Gasteiger partial charge in [0.25, 0.3) is 10.0 Å². The van der Waals surface area contributed by atoms with Crippen molar-refractivity contribution in [3.63, 3.8) is 0 Å². The number of sulfonamides is 1. The standard InChI is InChI=1S/C22H20ClNO6S/c1-14-7-9-18(13-19(14)22(25)29-3)31(26,27)24-20-11-15(23)8-10-21(20)30-17-6-4-5-16(12-17)28-2/h4-13,24H,1-3H3. The lowest BCUT2D eigenvalue weighted by atomic mass is 10.1. The number of hydrogen-bond acceptors (Lipinski definition) is 6. The number of ether oxygens (including phenoxy) is 3. The van der Waals surface area contributed by atoms with Crippen LogP contribution in [0.2, 0.25) is 5.02 Å². The number of carbonyl (C=O) groups is 1. The van der Waals surface area contributed by atoms with Crippen LogP contribution >= 0.6 is 11.6 Å². The molecular weight excluding hydrogens is 442 g/mol. The number of halogens is 1. The van der Waals surface area contributed by atoms with E-state index in [4.69, 9.17) is 25.8 Å². The van der Waals surface area contributed by atoms with Crippen LogP contribution in [0.15, 0.2) is 65.6 Å². The molecule has 3 aromatic carbocycles. The Morgan fingerprint density at radius 2 is 1.71 bits per heavy atom. The highest BCUT2D eigenvalue weighted by molar-refractivity contribution is 7.92. The second kappa shape index (κ2) is 9.28. The number of carbonyl (C=O) groups excluding carboxylic acids is 1. The van der Waals surface area contributed by atoms with Crippen molar-refractivity contribution < 1.29 is 27.4 Å². The fourth-order valence-electron chi connectivity index (χ4n) is 2.76. The van der Waals surface area contributed by atoms with E-state index in [1.165, 1.54) is 38.5 Å².